The molecule has 2 aromatic carbocycles. The number of aromatic hydroxyl groups is 1. The molecule has 2 aromatic rings. The maximum absolute atomic E-state index is 12.1. The molecule has 0 saturated heterocycles. The molecule has 0 fully saturated rings. The molecule has 0 aromatic heterocycles. The fraction of sp³-hybridized carbons (Fsp3) is 0.0714. The van der Waals surface area contributed by atoms with Gasteiger partial charge < -0.3 is 16.2 Å². The van der Waals surface area contributed by atoms with Crippen LogP contribution in [0.15, 0.2) is 36.4 Å². The van der Waals surface area contributed by atoms with Gasteiger partial charge in [0.25, 0.3) is 5.91 Å². The number of phenolic OH excluding ortho intramolecular Hbond substituents is 1. The number of nitrogens with two attached hydrogens (primary N) is 1. The Morgan fingerprint density at radius 1 is 1.26 bits per heavy atom. The predicted octanol–water partition coefficient (Wildman–Crippen LogP) is 3.19. The summed E-state index contributed by atoms with van der Waals surface area (Å²) in [5.74, 6) is -0.437. The van der Waals surface area contributed by atoms with Gasteiger partial charge in [-0.3, -0.25) is 4.79 Å². The van der Waals surface area contributed by atoms with Crippen LogP contribution in [-0.2, 0) is 0 Å². The summed E-state index contributed by atoms with van der Waals surface area (Å²) in [6, 6.07) is 9.52. The molecule has 0 aliphatic rings. The van der Waals surface area contributed by atoms with Gasteiger partial charge in [0, 0.05) is 5.69 Å². The van der Waals surface area contributed by atoms with Crippen LogP contribution in [0.4, 0.5) is 11.4 Å². The first-order valence-corrected chi connectivity index (χ1v) is 6.01. The van der Waals surface area contributed by atoms with Crippen molar-refractivity contribution in [3.05, 3.63) is 52.5 Å². The van der Waals surface area contributed by atoms with Gasteiger partial charge in [0.05, 0.1) is 16.3 Å². The summed E-state index contributed by atoms with van der Waals surface area (Å²) in [7, 11) is 0. The average molecular weight is 277 g/mol. The Bertz CT molecular complexity index is 641. The maximum Gasteiger partial charge on any atom is 0.257 e. The molecular formula is C14H13ClN2O2. The van der Waals surface area contributed by atoms with Crippen molar-refractivity contribution >= 4 is 28.9 Å². The summed E-state index contributed by atoms with van der Waals surface area (Å²) >= 11 is 6.04. The van der Waals surface area contributed by atoms with Crippen molar-refractivity contribution in [1.29, 1.82) is 0 Å². The number of anilines is 2. The highest BCUT2D eigenvalue weighted by molar-refractivity contribution is 6.34. The van der Waals surface area contributed by atoms with E-state index in [1.54, 1.807) is 12.1 Å². The molecule has 98 valence electrons. The summed E-state index contributed by atoms with van der Waals surface area (Å²) < 4.78 is 0. The van der Waals surface area contributed by atoms with E-state index in [2.05, 4.69) is 5.32 Å². The average Bonchev–Trinajstić information content (AvgIpc) is 2.35. The number of hydrogen-bond acceptors (Lipinski definition) is 3. The van der Waals surface area contributed by atoms with E-state index in [-0.39, 0.29) is 11.3 Å². The predicted molar refractivity (Wildman–Crippen MR) is 76.7 cm³/mol. The van der Waals surface area contributed by atoms with Crippen LogP contribution in [0.1, 0.15) is 15.9 Å². The highest BCUT2D eigenvalue weighted by atomic mass is 35.5. The largest absolute Gasteiger partial charge is 0.508 e. The monoisotopic (exact) mass is 276 g/mol. The van der Waals surface area contributed by atoms with Gasteiger partial charge in [-0.25, -0.2) is 0 Å². The highest BCUT2D eigenvalue weighted by Crippen LogP contribution is 2.25. The fourth-order valence-corrected chi connectivity index (χ4v) is 1.93. The van der Waals surface area contributed by atoms with Crippen molar-refractivity contribution in [1.82, 2.24) is 0 Å². The van der Waals surface area contributed by atoms with Crippen molar-refractivity contribution in [2.45, 2.75) is 6.92 Å². The second-order valence-electron chi connectivity index (χ2n) is 4.21. The lowest BCUT2D eigenvalue weighted by molar-refractivity contribution is 0.102. The van der Waals surface area contributed by atoms with Gasteiger partial charge in [-0.05, 0) is 42.8 Å². The van der Waals surface area contributed by atoms with Gasteiger partial charge in [-0.15, -0.1) is 0 Å². The molecule has 0 aliphatic carbocycles. The van der Waals surface area contributed by atoms with Crippen molar-refractivity contribution in [2.75, 3.05) is 11.1 Å². The zero-order valence-electron chi connectivity index (χ0n) is 10.3. The topological polar surface area (TPSA) is 75.3 Å². The molecule has 1 amide bonds. The number of rotatable bonds is 2. The van der Waals surface area contributed by atoms with Crippen LogP contribution in [-0.4, -0.2) is 11.0 Å². The number of aryl methyl sites for hydroxylation is 1. The van der Waals surface area contributed by atoms with Gasteiger partial charge in [0.1, 0.15) is 5.75 Å². The Balaban J connectivity index is 2.28. The van der Waals surface area contributed by atoms with E-state index in [4.69, 9.17) is 17.3 Å². The molecule has 0 bridgehead atoms. The van der Waals surface area contributed by atoms with Gasteiger partial charge in [0.2, 0.25) is 0 Å². The zero-order chi connectivity index (χ0) is 14.0. The minimum absolute atomic E-state index is 0.0191. The maximum atomic E-state index is 12.1. The number of nitrogens with one attached hydrogen (secondary N) is 1. The molecule has 0 heterocycles. The first-order chi connectivity index (χ1) is 8.97. The van der Waals surface area contributed by atoms with E-state index in [0.29, 0.717) is 16.4 Å². The fourth-order valence-electron chi connectivity index (χ4n) is 1.65. The summed E-state index contributed by atoms with van der Waals surface area (Å²) in [6.07, 6.45) is 0. The molecule has 0 atom stereocenters. The van der Waals surface area contributed by atoms with Gasteiger partial charge in [-0.2, -0.15) is 0 Å². The Morgan fingerprint density at radius 3 is 2.68 bits per heavy atom. The molecular weight excluding hydrogens is 264 g/mol. The van der Waals surface area contributed by atoms with E-state index >= 15 is 0 Å². The second-order valence-corrected chi connectivity index (χ2v) is 4.62. The van der Waals surface area contributed by atoms with Gasteiger partial charge >= 0.3 is 0 Å². The molecule has 4 nitrogen and oxygen atoms in total. The molecule has 19 heavy (non-hydrogen) atoms. The normalized spacial score (nSPS) is 10.2. The minimum Gasteiger partial charge on any atom is -0.508 e. The van der Waals surface area contributed by atoms with Crippen LogP contribution in [0.2, 0.25) is 5.02 Å². The first-order valence-electron chi connectivity index (χ1n) is 5.63. The number of carbonyl (C=O) groups is 1. The number of benzene rings is 2. The quantitative estimate of drug-likeness (QED) is 0.582. The van der Waals surface area contributed by atoms with E-state index in [1.165, 1.54) is 18.2 Å². The number of hydrogen-bond donors (Lipinski definition) is 3. The minimum atomic E-state index is -0.417. The smallest absolute Gasteiger partial charge is 0.257 e. The van der Waals surface area contributed by atoms with Crippen LogP contribution >= 0.6 is 11.6 Å². The number of phenols is 1. The zero-order valence-corrected chi connectivity index (χ0v) is 11.0. The summed E-state index contributed by atoms with van der Waals surface area (Å²) in [6.45, 7) is 1.91. The third-order valence-electron chi connectivity index (χ3n) is 2.65. The van der Waals surface area contributed by atoms with Crippen LogP contribution < -0.4 is 11.1 Å². The van der Waals surface area contributed by atoms with E-state index < -0.39 is 5.91 Å². The van der Waals surface area contributed by atoms with Gasteiger partial charge in [-0.1, -0.05) is 17.7 Å². The van der Waals surface area contributed by atoms with Crippen molar-refractivity contribution in [3.63, 3.8) is 0 Å². The Kier molecular flexibility index (Phi) is 3.62. The molecule has 0 unspecified atom stereocenters. The highest BCUT2D eigenvalue weighted by Gasteiger charge is 2.12. The SMILES string of the molecule is Cc1ccc(NC(=O)c2cc(O)ccc2N)c(Cl)c1. The van der Waals surface area contributed by atoms with Crippen molar-refractivity contribution in [3.8, 4) is 5.75 Å². The van der Waals surface area contributed by atoms with E-state index in [9.17, 15) is 9.90 Å². The second kappa shape index (κ2) is 5.20. The third-order valence-corrected chi connectivity index (χ3v) is 2.97. The lowest BCUT2D eigenvalue weighted by Gasteiger charge is -2.09. The lowest BCUT2D eigenvalue weighted by atomic mass is 10.1. The molecule has 4 N–H and O–H groups in total. The third kappa shape index (κ3) is 2.98. The van der Waals surface area contributed by atoms with Crippen LogP contribution in [0, 0.1) is 6.92 Å². The number of halogens is 1. The van der Waals surface area contributed by atoms with Crippen LogP contribution in [0.5, 0.6) is 5.75 Å². The summed E-state index contributed by atoms with van der Waals surface area (Å²) in [4.78, 5) is 12.1. The standard InChI is InChI=1S/C14H13ClN2O2/c1-8-2-5-13(11(15)6-8)17-14(19)10-7-9(18)3-4-12(10)16/h2-7,18H,16H2,1H3,(H,17,19). The summed E-state index contributed by atoms with van der Waals surface area (Å²) in [5, 5.41) is 12.5. The Hall–Kier alpha value is -2.20. The number of carbonyl (C=O) groups excluding carboxylic acids is 1. The van der Waals surface area contributed by atoms with Gasteiger partial charge in [0.15, 0.2) is 0 Å². The molecule has 5 heteroatoms. The molecule has 0 aliphatic heterocycles. The molecule has 0 saturated carbocycles. The molecule has 0 radical (unpaired) electrons. The van der Waals surface area contributed by atoms with Crippen LogP contribution in [0.25, 0.3) is 0 Å². The Labute approximate surface area is 115 Å². The van der Waals surface area contributed by atoms with Crippen LogP contribution in [0.3, 0.4) is 0 Å². The first kappa shape index (κ1) is 13.2. The Morgan fingerprint density at radius 2 is 2.00 bits per heavy atom. The van der Waals surface area contributed by atoms with Crippen molar-refractivity contribution < 1.29 is 9.90 Å². The summed E-state index contributed by atoms with van der Waals surface area (Å²) in [5.41, 5.74) is 7.70. The molecule has 2 rings (SSSR count). The van der Waals surface area contributed by atoms with E-state index in [0.717, 1.165) is 5.56 Å². The van der Waals surface area contributed by atoms with E-state index in [1.807, 2.05) is 13.0 Å². The van der Waals surface area contributed by atoms with Crippen molar-refractivity contribution in [2.24, 2.45) is 0 Å². The number of amides is 1. The lowest BCUT2D eigenvalue weighted by Crippen LogP contribution is -2.14. The molecule has 0 spiro atoms. The number of nitrogen functional groups attached to an aromatic ring is 1.